The smallest absolute Gasteiger partial charge is 0.230 e. The molecule has 0 unspecified atom stereocenters. The van der Waals surface area contributed by atoms with Crippen LogP contribution in [0.1, 0.15) is 11.1 Å². The minimum atomic E-state index is -0.213. The summed E-state index contributed by atoms with van der Waals surface area (Å²) in [4.78, 5) is 22.2. The topological polar surface area (TPSA) is 46.2 Å². The van der Waals surface area contributed by atoms with Crippen molar-refractivity contribution >= 4 is 11.8 Å². The van der Waals surface area contributed by atoms with E-state index in [1.54, 1.807) is 0 Å². The summed E-state index contributed by atoms with van der Waals surface area (Å²) in [6.07, 6.45) is 0.615. The first-order valence-electron chi connectivity index (χ1n) is 4.15. The van der Waals surface area contributed by atoms with Gasteiger partial charge in [-0.3, -0.25) is 14.9 Å². The second-order valence-electron chi connectivity index (χ2n) is 3.09. The third kappa shape index (κ3) is 1.59. The molecule has 1 aromatic rings. The lowest BCUT2D eigenvalue weighted by Crippen LogP contribution is -2.30. The molecule has 0 fully saturated rings. The van der Waals surface area contributed by atoms with Crippen LogP contribution in [-0.2, 0) is 22.4 Å². The maximum Gasteiger partial charge on any atom is 0.230 e. The summed E-state index contributed by atoms with van der Waals surface area (Å²) in [7, 11) is 0. The van der Waals surface area contributed by atoms with E-state index >= 15 is 0 Å². The molecule has 3 nitrogen and oxygen atoms in total. The van der Waals surface area contributed by atoms with E-state index in [9.17, 15) is 9.59 Å². The van der Waals surface area contributed by atoms with Crippen LogP contribution in [0.4, 0.5) is 0 Å². The standard InChI is InChI=1S/C10H9NO2/c12-9-5-7-3-1-2-4-8(7)6-10(13)11-9/h1-4H,5-6H2,(H,11,12,13). The van der Waals surface area contributed by atoms with Crippen molar-refractivity contribution in [1.82, 2.24) is 5.32 Å². The summed E-state index contributed by atoms with van der Waals surface area (Å²) >= 11 is 0. The molecule has 3 heteroatoms. The average molecular weight is 175 g/mol. The van der Waals surface area contributed by atoms with Crippen molar-refractivity contribution in [2.75, 3.05) is 0 Å². The zero-order valence-electron chi connectivity index (χ0n) is 7.04. The molecule has 1 aliphatic rings. The van der Waals surface area contributed by atoms with Crippen LogP contribution in [0.3, 0.4) is 0 Å². The molecule has 0 radical (unpaired) electrons. The highest BCUT2D eigenvalue weighted by Crippen LogP contribution is 2.12. The van der Waals surface area contributed by atoms with E-state index in [4.69, 9.17) is 0 Å². The third-order valence-corrected chi connectivity index (χ3v) is 2.10. The van der Waals surface area contributed by atoms with Gasteiger partial charge in [0.25, 0.3) is 0 Å². The Kier molecular flexibility index (Phi) is 1.85. The normalized spacial score (nSPS) is 16.0. The van der Waals surface area contributed by atoms with E-state index in [1.807, 2.05) is 24.3 Å². The average Bonchev–Trinajstić information content (AvgIpc) is 2.20. The second kappa shape index (κ2) is 3.01. The van der Waals surface area contributed by atoms with Crippen LogP contribution < -0.4 is 5.32 Å². The first-order chi connectivity index (χ1) is 6.25. The van der Waals surface area contributed by atoms with Crippen LogP contribution in [0.15, 0.2) is 24.3 Å². The minimum Gasteiger partial charge on any atom is -0.296 e. The van der Waals surface area contributed by atoms with Crippen LogP contribution in [0.2, 0.25) is 0 Å². The third-order valence-electron chi connectivity index (χ3n) is 2.10. The largest absolute Gasteiger partial charge is 0.296 e. The highest BCUT2D eigenvalue weighted by molar-refractivity contribution is 5.98. The Balaban J connectivity index is 2.43. The first-order valence-corrected chi connectivity index (χ1v) is 4.15. The number of carbonyl (C=O) groups excluding carboxylic acids is 2. The zero-order valence-corrected chi connectivity index (χ0v) is 7.04. The summed E-state index contributed by atoms with van der Waals surface area (Å²) < 4.78 is 0. The van der Waals surface area contributed by atoms with Gasteiger partial charge in [0.05, 0.1) is 12.8 Å². The fourth-order valence-electron chi connectivity index (χ4n) is 1.49. The summed E-state index contributed by atoms with van der Waals surface area (Å²) in [5, 5.41) is 2.31. The van der Waals surface area contributed by atoms with Crippen molar-refractivity contribution < 1.29 is 9.59 Å². The van der Waals surface area contributed by atoms with Gasteiger partial charge in [0.15, 0.2) is 0 Å². The molecule has 1 N–H and O–H groups in total. The molecule has 1 heterocycles. The van der Waals surface area contributed by atoms with Crippen molar-refractivity contribution in [3.05, 3.63) is 35.4 Å². The molecule has 0 bridgehead atoms. The number of hydrogen-bond acceptors (Lipinski definition) is 2. The fraction of sp³-hybridized carbons (Fsp3) is 0.200. The Morgan fingerprint density at radius 1 is 0.923 bits per heavy atom. The number of rotatable bonds is 0. The molecule has 0 atom stereocenters. The van der Waals surface area contributed by atoms with Crippen LogP contribution in [0.25, 0.3) is 0 Å². The Morgan fingerprint density at radius 2 is 1.38 bits per heavy atom. The van der Waals surface area contributed by atoms with Crippen molar-refractivity contribution in [2.45, 2.75) is 12.8 Å². The molecule has 0 aromatic heterocycles. The van der Waals surface area contributed by atoms with Gasteiger partial charge >= 0.3 is 0 Å². The molecule has 66 valence electrons. The second-order valence-corrected chi connectivity index (χ2v) is 3.09. The lowest BCUT2D eigenvalue weighted by molar-refractivity contribution is -0.129. The number of hydrogen-bond donors (Lipinski definition) is 1. The van der Waals surface area contributed by atoms with Crippen LogP contribution in [-0.4, -0.2) is 11.8 Å². The highest BCUT2D eigenvalue weighted by atomic mass is 16.2. The zero-order chi connectivity index (χ0) is 9.26. The summed E-state index contributed by atoms with van der Waals surface area (Å²) in [6.45, 7) is 0. The van der Waals surface area contributed by atoms with Crippen LogP contribution >= 0.6 is 0 Å². The van der Waals surface area contributed by atoms with Gasteiger partial charge in [0.1, 0.15) is 0 Å². The quantitative estimate of drug-likeness (QED) is 0.581. The maximum atomic E-state index is 11.1. The minimum absolute atomic E-state index is 0.213. The predicted octanol–water partition coefficient (Wildman–Crippen LogP) is 0.428. The molecule has 0 spiro atoms. The molecule has 0 aliphatic carbocycles. The monoisotopic (exact) mass is 175 g/mol. The number of fused-ring (bicyclic) bond motifs is 1. The molecule has 1 aromatic carbocycles. The van der Waals surface area contributed by atoms with E-state index in [2.05, 4.69) is 5.32 Å². The first kappa shape index (κ1) is 7.98. The Morgan fingerprint density at radius 3 is 1.85 bits per heavy atom. The highest BCUT2D eigenvalue weighted by Gasteiger charge is 2.17. The molecule has 0 saturated heterocycles. The molecule has 2 amide bonds. The van der Waals surface area contributed by atoms with Crippen molar-refractivity contribution in [3.8, 4) is 0 Å². The predicted molar refractivity (Wildman–Crippen MR) is 47.0 cm³/mol. The van der Waals surface area contributed by atoms with Gasteiger partial charge in [-0.05, 0) is 11.1 Å². The molecular weight excluding hydrogens is 166 g/mol. The van der Waals surface area contributed by atoms with Crippen LogP contribution in [0, 0.1) is 0 Å². The van der Waals surface area contributed by atoms with Gasteiger partial charge in [0, 0.05) is 0 Å². The molecule has 1 aliphatic heterocycles. The fourth-order valence-corrected chi connectivity index (χ4v) is 1.49. The van der Waals surface area contributed by atoms with Gasteiger partial charge in [-0.25, -0.2) is 0 Å². The summed E-state index contributed by atoms with van der Waals surface area (Å²) in [6, 6.07) is 7.52. The van der Waals surface area contributed by atoms with E-state index in [0.717, 1.165) is 11.1 Å². The SMILES string of the molecule is O=C1Cc2ccccc2CC(=O)N1. The summed E-state index contributed by atoms with van der Waals surface area (Å²) in [5.74, 6) is -0.426. The Labute approximate surface area is 75.8 Å². The van der Waals surface area contributed by atoms with E-state index in [-0.39, 0.29) is 11.8 Å². The lowest BCUT2D eigenvalue weighted by atomic mass is 10.0. The Hall–Kier alpha value is -1.64. The van der Waals surface area contributed by atoms with Crippen molar-refractivity contribution in [3.63, 3.8) is 0 Å². The van der Waals surface area contributed by atoms with E-state index in [1.165, 1.54) is 0 Å². The molecule has 2 rings (SSSR count). The lowest BCUT2D eigenvalue weighted by Gasteiger charge is -2.00. The van der Waals surface area contributed by atoms with Gasteiger partial charge in [-0.15, -0.1) is 0 Å². The number of carbonyl (C=O) groups is 2. The Bertz CT molecular complexity index is 336. The van der Waals surface area contributed by atoms with Gasteiger partial charge in [-0.1, -0.05) is 24.3 Å². The number of imide groups is 1. The van der Waals surface area contributed by atoms with E-state index in [0.29, 0.717) is 12.8 Å². The van der Waals surface area contributed by atoms with Gasteiger partial charge in [0.2, 0.25) is 11.8 Å². The van der Waals surface area contributed by atoms with E-state index < -0.39 is 0 Å². The molecule has 13 heavy (non-hydrogen) atoms. The van der Waals surface area contributed by atoms with Crippen molar-refractivity contribution in [2.24, 2.45) is 0 Å². The summed E-state index contributed by atoms with van der Waals surface area (Å²) in [5.41, 5.74) is 1.90. The number of amides is 2. The number of benzene rings is 1. The maximum absolute atomic E-state index is 11.1. The molecule has 0 saturated carbocycles. The molecular formula is C10H9NO2. The van der Waals surface area contributed by atoms with Crippen molar-refractivity contribution in [1.29, 1.82) is 0 Å². The van der Waals surface area contributed by atoms with Gasteiger partial charge < -0.3 is 0 Å². The van der Waals surface area contributed by atoms with Gasteiger partial charge in [-0.2, -0.15) is 0 Å². The van der Waals surface area contributed by atoms with Crippen LogP contribution in [0.5, 0.6) is 0 Å². The number of nitrogens with one attached hydrogen (secondary N) is 1.